The van der Waals surface area contributed by atoms with E-state index >= 15 is 0 Å². The van der Waals surface area contributed by atoms with E-state index in [4.69, 9.17) is 0 Å². The first kappa shape index (κ1) is 16.9. The average Bonchev–Trinajstić information content (AvgIpc) is 2.47. The van der Waals surface area contributed by atoms with Gasteiger partial charge in [0.05, 0.1) is 11.7 Å². The summed E-state index contributed by atoms with van der Waals surface area (Å²) in [7, 11) is 0. The molecule has 0 saturated carbocycles. The molecule has 1 aromatic carbocycles. The molecule has 1 aliphatic rings. The highest BCUT2D eigenvalue weighted by molar-refractivity contribution is 7.99. The molecule has 0 aromatic heterocycles. The number of carboxylic acid groups (broad SMARTS) is 1. The molecule has 0 radical (unpaired) electrons. The number of carboxylic acids is 1. The number of aryl methyl sites for hydroxylation is 1. The van der Waals surface area contributed by atoms with Crippen LogP contribution in [0.15, 0.2) is 24.3 Å². The number of aliphatic carboxylic acids is 1. The van der Waals surface area contributed by atoms with Gasteiger partial charge in [0, 0.05) is 18.3 Å². The van der Waals surface area contributed by atoms with Crippen molar-refractivity contribution < 1.29 is 14.7 Å². The Labute approximate surface area is 135 Å². The van der Waals surface area contributed by atoms with Crippen LogP contribution in [0.3, 0.4) is 0 Å². The van der Waals surface area contributed by atoms with Crippen molar-refractivity contribution in [2.24, 2.45) is 5.92 Å². The summed E-state index contributed by atoms with van der Waals surface area (Å²) >= 11 is 1.59. The van der Waals surface area contributed by atoms with Crippen LogP contribution in [0.5, 0.6) is 0 Å². The highest BCUT2D eigenvalue weighted by Crippen LogP contribution is 2.25. The third kappa shape index (κ3) is 4.26. The van der Waals surface area contributed by atoms with Gasteiger partial charge in [-0.25, -0.2) is 0 Å². The fraction of sp³-hybridized carbons (Fsp3) is 0.529. The summed E-state index contributed by atoms with van der Waals surface area (Å²) in [6.07, 6.45) is 1.44. The van der Waals surface area contributed by atoms with E-state index in [0.29, 0.717) is 18.7 Å². The maximum atomic E-state index is 12.3. The zero-order chi connectivity index (χ0) is 16.1. The Bertz CT molecular complexity index is 546. The van der Waals surface area contributed by atoms with Gasteiger partial charge < -0.3 is 10.0 Å². The van der Waals surface area contributed by atoms with Crippen LogP contribution in [-0.4, -0.2) is 40.2 Å². The van der Waals surface area contributed by atoms with Crippen LogP contribution in [-0.2, 0) is 15.3 Å². The molecule has 5 heteroatoms. The Hall–Kier alpha value is -1.49. The SMILES string of the molecule is Cc1cccc(CSCC(=O)N2CCC[C@@H](C(=O)O)[C@H]2C)c1. The van der Waals surface area contributed by atoms with Crippen molar-refractivity contribution in [2.75, 3.05) is 12.3 Å². The molecule has 0 spiro atoms. The number of nitrogens with zero attached hydrogens (tertiary/aromatic N) is 1. The first-order valence-electron chi connectivity index (χ1n) is 7.64. The fourth-order valence-electron chi connectivity index (χ4n) is 2.97. The summed E-state index contributed by atoms with van der Waals surface area (Å²) in [4.78, 5) is 25.3. The number of benzene rings is 1. The Morgan fingerprint density at radius 1 is 1.41 bits per heavy atom. The summed E-state index contributed by atoms with van der Waals surface area (Å²) in [5.41, 5.74) is 2.44. The lowest BCUT2D eigenvalue weighted by Gasteiger charge is -2.37. The second-order valence-electron chi connectivity index (χ2n) is 5.90. The number of thioether (sulfide) groups is 1. The number of carbonyl (C=O) groups excluding carboxylic acids is 1. The molecular formula is C17H23NO3S. The molecule has 2 atom stereocenters. The molecule has 1 aliphatic heterocycles. The third-order valence-corrected chi connectivity index (χ3v) is 5.19. The molecule has 2 rings (SSSR count). The monoisotopic (exact) mass is 321 g/mol. The van der Waals surface area contributed by atoms with Gasteiger partial charge in [0.15, 0.2) is 0 Å². The number of carbonyl (C=O) groups is 2. The Balaban J connectivity index is 1.85. The van der Waals surface area contributed by atoms with Gasteiger partial charge >= 0.3 is 5.97 Å². The van der Waals surface area contributed by atoms with Crippen molar-refractivity contribution in [2.45, 2.75) is 38.5 Å². The molecule has 1 fully saturated rings. The van der Waals surface area contributed by atoms with Gasteiger partial charge in [0.25, 0.3) is 0 Å². The van der Waals surface area contributed by atoms with Crippen LogP contribution in [0.1, 0.15) is 30.9 Å². The van der Waals surface area contributed by atoms with E-state index in [0.717, 1.165) is 12.2 Å². The molecule has 1 aromatic rings. The van der Waals surface area contributed by atoms with Crippen LogP contribution < -0.4 is 0 Å². The van der Waals surface area contributed by atoms with Crippen molar-refractivity contribution in [1.29, 1.82) is 0 Å². The number of rotatable bonds is 5. The first-order valence-corrected chi connectivity index (χ1v) is 8.80. The zero-order valence-corrected chi connectivity index (χ0v) is 13.9. The lowest BCUT2D eigenvalue weighted by molar-refractivity contribution is -0.148. The molecule has 0 bridgehead atoms. The quantitative estimate of drug-likeness (QED) is 0.906. The zero-order valence-electron chi connectivity index (χ0n) is 13.1. The molecule has 1 N–H and O–H groups in total. The van der Waals surface area contributed by atoms with Crippen molar-refractivity contribution in [3.63, 3.8) is 0 Å². The second-order valence-corrected chi connectivity index (χ2v) is 6.88. The summed E-state index contributed by atoms with van der Waals surface area (Å²) < 4.78 is 0. The van der Waals surface area contributed by atoms with E-state index in [9.17, 15) is 14.7 Å². The largest absolute Gasteiger partial charge is 0.481 e. The number of likely N-dealkylation sites (tertiary alicyclic amines) is 1. The standard InChI is InChI=1S/C17H23NO3S/c1-12-5-3-6-14(9-12)10-22-11-16(19)18-8-4-7-15(13(18)2)17(20)21/h3,5-6,9,13,15H,4,7-8,10-11H2,1-2H3,(H,20,21)/t13-,15-/m1/s1. The Kier molecular flexibility index (Phi) is 5.89. The molecule has 120 valence electrons. The van der Waals surface area contributed by atoms with Crippen LogP contribution in [0.25, 0.3) is 0 Å². The maximum Gasteiger partial charge on any atom is 0.308 e. The lowest BCUT2D eigenvalue weighted by Crippen LogP contribution is -2.49. The van der Waals surface area contributed by atoms with E-state index < -0.39 is 11.9 Å². The van der Waals surface area contributed by atoms with Crippen LogP contribution in [0.2, 0.25) is 0 Å². The highest BCUT2D eigenvalue weighted by Gasteiger charge is 2.34. The van der Waals surface area contributed by atoms with E-state index in [1.165, 1.54) is 11.1 Å². The molecule has 1 heterocycles. The van der Waals surface area contributed by atoms with Gasteiger partial charge in [-0.2, -0.15) is 0 Å². The number of hydrogen-bond donors (Lipinski definition) is 1. The van der Waals surface area contributed by atoms with Crippen molar-refractivity contribution in [3.8, 4) is 0 Å². The molecule has 22 heavy (non-hydrogen) atoms. The predicted molar refractivity (Wildman–Crippen MR) is 88.9 cm³/mol. The van der Waals surface area contributed by atoms with Gasteiger partial charge in [-0.15, -0.1) is 11.8 Å². The summed E-state index contributed by atoms with van der Waals surface area (Å²) in [5.74, 6) is 0.0378. The Morgan fingerprint density at radius 2 is 2.18 bits per heavy atom. The third-order valence-electron chi connectivity index (χ3n) is 4.20. The van der Waals surface area contributed by atoms with Crippen molar-refractivity contribution >= 4 is 23.6 Å². The van der Waals surface area contributed by atoms with Crippen molar-refractivity contribution in [3.05, 3.63) is 35.4 Å². The summed E-state index contributed by atoms with van der Waals surface area (Å²) in [6, 6.07) is 8.06. The average molecular weight is 321 g/mol. The van der Waals surface area contributed by atoms with Crippen molar-refractivity contribution in [1.82, 2.24) is 4.90 Å². The topological polar surface area (TPSA) is 57.6 Å². The minimum Gasteiger partial charge on any atom is -0.481 e. The minimum absolute atomic E-state index is 0.0519. The summed E-state index contributed by atoms with van der Waals surface area (Å²) in [6.45, 7) is 4.58. The first-order chi connectivity index (χ1) is 10.5. The van der Waals surface area contributed by atoms with E-state index in [1.54, 1.807) is 16.7 Å². The van der Waals surface area contributed by atoms with Gasteiger partial charge in [0.1, 0.15) is 0 Å². The molecule has 0 unspecified atom stereocenters. The van der Waals surface area contributed by atoms with Gasteiger partial charge in [-0.05, 0) is 32.3 Å². The predicted octanol–water partition coefficient (Wildman–Crippen LogP) is 2.94. The lowest BCUT2D eigenvalue weighted by atomic mass is 9.90. The van der Waals surface area contributed by atoms with Crippen LogP contribution in [0, 0.1) is 12.8 Å². The number of hydrogen-bond acceptors (Lipinski definition) is 3. The van der Waals surface area contributed by atoms with Crippen LogP contribution in [0.4, 0.5) is 0 Å². The van der Waals surface area contributed by atoms with Gasteiger partial charge in [-0.1, -0.05) is 29.8 Å². The van der Waals surface area contributed by atoms with E-state index in [1.807, 2.05) is 13.0 Å². The van der Waals surface area contributed by atoms with Gasteiger partial charge in [0.2, 0.25) is 5.91 Å². The normalized spacial score (nSPS) is 21.6. The fourth-order valence-corrected chi connectivity index (χ4v) is 3.82. The molecule has 1 saturated heterocycles. The summed E-state index contributed by atoms with van der Waals surface area (Å²) in [5, 5.41) is 9.22. The Morgan fingerprint density at radius 3 is 2.86 bits per heavy atom. The molecular weight excluding hydrogens is 298 g/mol. The molecule has 4 nitrogen and oxygen atoms in total. The van der Waals surface area contributed by atoms with Gasteiger partial charge in [-0.3, -0.25) is 9.59 Å². The highest BCUT2D eigenvalue weighted by atomic mass is 32.2. The number of amides is 1. The smallest absolute Gasteiger partial charge is 0.308 e. The minimum atomic E-state index is -0.794. The van der Waals surface area contributed by atoms with E-state index in [-0.39, 0.29) is 11.9 Å². The molecule has 1 amide bonds. The second kappa shape index (κ2) is 7.68. The molecule has 0 aliphatic carbocycles. The van der Waals surface area contributed by atoms with Crippen LogP contribution >= 0.6 is 11.8 Å². The number of piperidine rings is 1. The maximum absolute atomic E-state index is 12.3. The van der Waals surface area contributed by atoms with E-state index in [2.05, 4.69) is 25.1 Å².